The highest BCUT2D eigenvalue weighted by atomic mass is 16.5. The molecule has 0 aliphatic rings. The van der Waals surface area contributed by atoms with E-state index in [0.29, 0.717) is 6.54 Å². The molecule has 1 aromatic heterocycles. The highest BCUT2D eigenvalue weighted by molar-refractivity contribution is 5.69. The molecule has 0 aliphatic heterocycles. The van der Waals surface area contributed by atoms with Gasteiger partial charge in [-0.25, -0.2) is 0 Å². The fourth-order valence-electron chi connectivity index (χ4n) is 1.37. The molecule has 0 atom stereocenters. The van der Waals surface area contributed by atoms with E-state index in [1.165, 1.54) is 7.11 Å². The first-order chi connectivity index (χ1) is 6.60. The maximum atomic E-state index is 11.0. The van der Waals surface area contributed by atoms with Gasteiger partial charge in [-0.2, -0.15) is 5.10 Å². The number of rotatable bonds is 3. The number of nitrogens with zero attached hydrogens (tertiary/aromatic N) is 2. The zero-order valence-corrected chi connectivity index (χ0v) is 8.70. The number of ether oxygens (including phenoxy) is 1. The molecule has 0 unspecified atom stereocenters. The van der Waals surface area contributed by atoms with E-state index in [-0.39, 0.29) is 12.5 Å². The summed E-state index contributed by atoms with van der Waals surface area (Å²) in [5, 5.41) is 4.20. The lowest BCUT2D eigenvalue weighted by Gasteiger charge is -2.02. The number of esters is 1. The summed E-state index contributed by atoms with van der Waals surface area (Å²) in [5.74, 6) is -0.306. The maximum Gasteiger partial charge on any atom is 0.327 e. The van der Waals surface area contributed by atoms with Crippen molar-refractivity contribution in [3.63, 3.8) is 0 Å². The number of aromatic nitrogens is 2. The van der Waals surface area contributed by atoms with Crippen molar-refractivity contribution in [3.8, 4) is 0 Å². The van der Waals surface area contributed by atoms with Crippen LogP contribution in [0.2, 0.25) is 0 Å². The molecule has 0 saturated heterocycles. The standard InChI is InChI=1S/C9H15N3O2/c1-6-8(4-10)7(2)12(11-6)5-9(13)14-3/h4-5,10H2,1-3H3. The van der Waals surface area contributed by atoms with Crippen molar-refractivity contribution >= 4 is 5.97 Å². The van der Waals surface area contributed by atoms with Gasteiger partial charge in [0.15, 0.2) is 0 Å². The molecule has 0 fully saturated rings. The van der Waals surface area contributed by atoms with Crippen LogP contribution in [0.3, 0.4) is 0 Å². The van der Waals surface area contributed by atoms with Crippen molar-refractivity contribution in [2.24, 2.45) is 5.73 Å². The van der Waals surface area contributed by atoms with E-state index >= 15 is 0 Å². The molecular formula is C9H15N3O2. The van der Waals surface area contributed by atoms with Crippen LogP contribution in [0.15, 0.2) is 0 Å². The molecule has 78 valence electrons. The molecular weight excluding hydrogens is 182 g/mol. The van der Waals surface area contributed by atoms with Gasteiger partial charge >= 0.3 is 5.97 Å². The van der Waals surface area contributed by atoms with Crippen molar-refractivity contribution in [2.75, 3.05) is 7.11 Å². The minimum atomic E-state index is -0.306. The van der Waals surface area contributed by atoms with Gasteiger partial charge in [0.05, 0.1) is 12.8 Å². The highest BCUT2D eigenvalue weighted by Gasteiger charge is 2.12. The Balaban J connectivity index is 2.93. The minimum Gasteiger partial charge on any atom is -0.468 e. The van der Waals surface area contributed by atoms with E-state index in [1.54, 1.807) is 4.68 Å². The Morgan fingerprint density at radius 2 is 2.21 bits per heavy atom. The molecule has 1 aromatic rings. The Hall–Kier alpha value is -1.36. The predicted molar refractivity (Wildman–Crippen MR) is 51.6 cm³/mol. The van der Waals surface area contributed by atoms with Crippen LogP contribution in [-0.4, -0.2) is 22.9 Å². The van der Waals surface area contributed by atoms with Crippen LogP contribution in [0.1, 0.15) is 17.0 Å². The first-order valence-electron chi connectivity index (χ1n) is 4.40. The molecule has 0 spiro atoms. The summed E-state index contributed by atoms with van der Waals surface area (Å²) in [7, 11) is 1.36. The number of hydrogen-bond donors (Lipinski definition) is 1. The van der Waals surface area contributed by atoms with Gasteiger partial charge in [-0.3, -0.25) is 9.48 Å². The third-order valence-electron chi connectivity index (χ3n) is 2.24. The van der Waals surface area contributed by atoms with Crippen LogP contribution in [-0.2, 0) is 22.6 Å². The molecule has 0 aliphatic carbocycles. The fraction of sp³-hybridized carbons (Fsp3) is 0.556. The van der Waals surface area contributed by atoms with E-state index in [4.69, 9.17) is 5.73 Å². The van der Waals surface area contributed by atoms with Crippen LogP contribution in [0.5, 0.6) is 0 Å². The van der Waals surface area contributed by atoms with Crippen LogP contribution < -0.4 is 5.73 Å². The summed E-state index contributed by atoms with van der Waals surface area (Å²) in [5.41, 5.74) is 8.35. The summed E-state index contributed by atoms with van der Waals surface area (Å²) < 4.78 is 6.18. The van der Waals surface area contributed by atoms with Crippen molar-refractivity contribution in [1.82, 2.24) is 9.78 Å². The number of carbonyl (C=O) groups excluding carboxylic acids is 1. The monoisotopic (exact) mass is 197 g/mol. The number of methoxy groups -OCH3 is 1. The summed E-state index contributed by atoms with van der Waals surface area (Å²) in [4.78, 5) is 11.0. The molecule has 1 heterocycles. The lowest BCUT2D eigenvalue weighted by molar-refractivity contribution is -0.141. The van der Waals surface area contributed by atoms with E-state index in [1.807, 2.05) is 13.8 Å². The van der Waals surface area contributed by atoms with Crippen molar-refractivity contribution in [2.45, 2.75) is 26.9 Å². The van der Waals surface area contributed by atoms with Gasteiger partial charge < -0.3 is 10.5 Å². The lowest BCUT2D eigenvalue weighted by atomic mass is 10.2. The number of nitrogens with two attached hydrogens (primary N) is 1. The van der Waals surface area contributed by atoms with Crippen molar-refractivity contribution < 1.29 is 9.53 Å². The average Bonchev–Trinajstić information content (AvgIpc) is 2.42. The molecule has 5 heteroatoms. The second kappa shape index (κ2) is 4.23. The quantitative estimate of drug-likeness (QED) is 0.699. The lowest BCUT2D eigenvalue weighted by Crippen LogP contribution is -2.14. The van der Waals surface area contributed by atoms with E-state index in [0.717, 1.165) is 17.0 Å². The largest absolute Gasteiger partial charge is 0.468 e. The predicted octanol–water partition coefficient (Wildman–Crippen LogP) is 0.132. The molecule has 0 radical (unpaired) electrons. The maximum absolute atomic E-state index is 11.0. The first-order valence-corrected chi connectivity index (χ1v) is 4.40. The molecule has 0 bridgehead atoms. The minimum absolute atomic E-state index is 0.142. The van der Waals surface area contributed by atoms with Gasteiger partial charge in [0.25, 0.3) is 0 Å². The van der Waals surface area contributed by atoms with Gasteiger partial charge in [-0.05, 0) is 13.8 Å². The Labute approximate surface area is 82.8 Å². The summed E-state index contributed by atoms with van der Waals surface area (Å²) in [6.07, 6.45) is 0. The Kier molecular flexibility index (Phi) is 3.24. The van der Waals surface area contributed by atoms with E-state index in [2.05, 4.69) is 9.84 Å². The Morgan fingerprint density at radius 1 is 1.57 bits per heavy atom. The molecule has 14 heavy (non-hydrogen) atoms. The van der Waals surface area contributed by atoms with Gasteiger partial charge in [-0.15, -0.1) is 0 Å². The van der Waals surface area contributed by atoms with Gasteiger partial charge in [0.1, 0.15) is 6.54 Å². The SMILES string of the molecule is COC(=O)Cn1nc(C)c(CN)c1C. The Bertz CT molecular complexity index is 344. The normalized spacial score (nSPS) is 10.3. The van der Waals surface area contributed by atoms with Crippen molar-refractivity contribution in [1.29, 1.82) is 0 Å². The van der Waals surface area contributed by atoms with Crippen LogP contribution in [0.25, 0.3) is 0 Å². The molecule has 5 nitrogen and oxygen atoms in total. The highest BCUT2D eigenvalue weighted by Crippen LogP contribution is 2.11. The van der Waals surface area contributed by atoms with Crippen LogP contribution in [0.4, 0.5) is 0 Å². The second-order valence-electron chi connectivity index (χ2n) is 3.09. The molecule has 0 aromatic carbocycles. The third-order valence-corrected chi connectivity index (χ3v) is 2.24. The smallest absolute Gasteiger partial charge is 0.327 e. The van der Waals surface area contributed by atoms with Crippen LogP contribution >= 0.6 is 0 Å². The van der Waals surface area contributed by atoms with Gasteiger partial charge in [0, 0.05) is 17.8 Å². The number of carbonyl (C=O) groups is 1. The van der Waals surface area contributed by atoms with Crippen molar-refractivity contribution in [3.05, 3.63) is 17.0 Å². The van der Waals surface area contributed by atoms with Gasteiger partial charge in [0.2, 0.25) is 0 Å². The first kappa shape index (κ1) is 10.7. The molecule has 1 rings (SSSR count). The zero-order valence-electron chi connectivity index (χ0n) is 8.70. The van der Waals surface area contributed by atoms with Crippen LogP contribution in [0, 0.1) is 13.8 Å². The fourth-order valence-corrected chi connectivity index (χ4v) is 1.37. The topological polar surface area (TPSA) is 70.1 Å². The number of aryl methyl sites for hydroxylation is 1. The molecule has 0 amide bonds. The van der Waals surface area contributed by atoms with E-state index in [9.17, 15) is 4.79 Å². The summed E-state index contributed by atoms with van der Waals surface area (Å²) in [6.45, 7) is 4.36. The van der Waals surface area contributed by atoms with E-state index < -0.39 is 0 Å². The van der Waals surface area contributed by atoms with Gasteiger partial charge in [-0.1, -0.05) is 0 Å². The zero-order chi connectivity index (χ0) is 10.7. The third kappa shape index (κ3) is 1.93. The molecule has 2 N–H and O–H groups in total. The Morgan fingerprint density at radius 3 is 2.64 bits per heavy atom. The number of hydrogen-bond acceptors (Lipinski definition) is 4. The average molecular weight is 197 g/mol. The summed E-state index contributed by atoms with van der Waals surface area (Å²) >= 11 is 0. The second-order valence-corrected chi connectivity index (χ2v) is 3.09. The summed E-state index contributed by atoms with van der Waals surface area (Å²) in [6, 6.07) is 0. The molecule has 0 saturated carbocycles.